The first-order chi connectivity index (χ1) is 13.5. The summed E-state index contributed by atoms with van der Waals surface area (Å²) in [5.74, 6) is -6.49. The first kappa shape index (κ1) is 24.4. The van der Waals surface area contributed by atoms with Crippen molar-refractivity contribution in [3.05, 3.63) is 38.8 Å². The molecule has 14 heteroatoms. The molecule has 1 aromatic rings. The largest absolute Gasteiger partial charge is 0.481 e. The highest BCUT2D eigenvalue weighted by molar-refractivity contribution is 6.66. The maximum absolute atomic E-state index is 13.0. The van der Waals surface area contributed by atoms with E-state index < -0.39 is 65.3 Å². The second-order valence-electron chi connectivity index (χ2n) is 6.60. The van der Waals surface area contributed by atoms with Crippen molar-refractivity contribution >= 4 is 98.8 Å². The number of carboxylic acids is 1. The number of carbonyl (C=O) groups excluding carboxylic acids is 1. The van der Waals surface area contributed by atoms with Crippen molar-refractivity contribution in [2.75, 3.05) is 5.32 Å². The molecule has 0 unspecified atom stereocenters. The number of allylic oxidation sites excluding steroid dienone is 2. The molecule has 0 heterocycles. The molecule has 2 bridgehead atoms. The molecule has 0 aromatic heterocycles. The monoisotopic (exact) mass is 563 g/mol. The van der Waals surface area contributed by atoms with Gasteiger partial charge in [0.25, 0.3) is 0 Å². The number of alkyl halides is 7. The molecule has 1 aromatic carbocycles. The molecule has 1 fully saturated rings. The Morgan fingerprint density at radius 2 is 1.47 bits per heavy atom. The normalized spacial score (nSPS) is 32.5. The number of halogens is 10. The van der Waals surface area contributed by atoms with Gasteiger partial charge < -0.3 is 10.4 Å². The third-order valence-electron chi connectivity index (χ3n) is 5.04. The molecule has 2 aliphatic rings. The Bertz CT molecular complexity index is 999. The highest BCUT2D eigenvalue weighted by Crippen LogP contribution is 2.76. The third kappa shape index (κ3) is 3.04. The lowest BCUT2D eigenvalue weighted by atomic mass is 9.81. The Hall–Kier alpha value is -0.280. The van der Waals surface area contributed by atoms with Crippen LogP contribution < -0.4 is 5.32 Å². The molecule has 0 spiro atoms. The number of carbonyl (C=O) groups is 2. The average Bonchev–Trinajstić information content (AvgIpc) is 2.82. The van der Waals surface area contributed by atoms with Gasteiger partial charge in [-0.2, -0.15) is 13.2 Å². The molecular weight excluding hydrogens is 559 g/mol. The van der Waals surface area contributed by atoms with Crippen LogP contribution in [0.15, 0.2) is 28.3 Å². The van der Waals surface area contributed by atoms with Gasteiger partial charge in [0, 0.05) is 0 Å². The van der Waals surface area contributed by atoms with E-state index in [2.05, 4.69) is 5.32 Å². The molecule has 4 atom stereocenters. The first-order valence-electron chi connectivity index (χ1n) is 7.75. The summed E-state index contributed by atoms with van der Waals surface area (Å²) in [6.07, 6.45) is -4.73. The summed E-state index contributed by atoms with van der Waals surface area (Å²) in [6, 6.07) is 2.18. The Morgan fingerprint density at radius 1 is 0.967 bits per heavy atom. The van der Waals surface area contributed by atoms with Crippen LogP contribution in [0.3, 0.4) is 0 Å². The fraction of sp³-hybridized carbons (Fsp3) is 0.375. The lowest BCUT2D eigenvalue weighted by Gasteiger charge is -2.33. The summed E-state index contributed by atoms with van der Waals surface area (Å²) < 4.78 is 36.6. The van der Waals surface area contributed by atoms with Crippen LogP contribution in [-0.4, -0.2) is 31.1 Å². The van der Waals surface area contributed by atoms with Gasteiger partial charge in [0.15, 0.2) is 4.33 Å². The summed E-state index contributed by atoms with van der Waals surface area (Å²) in [5, 5.41) is 10.7. The average molecular weight is 566 g/mol. The molecular formula is C16H7Cl7F3NO3. The van der Waals surface area contributed by atoms with Gasteiger partial charge in [0.2, 0.25) is 5.91 Å². The van der Waals surface area contributed by atoms with Gasteiger partial charge in [-0.3, -0.25) is 9.59 Å². The second kappa shape index (κ2) is 7.37. The van der Waals surface area contributed by atoms with Gasteiger partial charge >= 0.3 is 12.1 Å². The zero-order chi connectivity index (χ0) is 23.0. The molecule has 1 amide bonds. The molecule has 2 N–H and O–H groups in total. The maximum Gasteiger partial charge on any atom is 0.416 e. The minimum Gasteiger partial charge on any atom is -0.481 e. The van der Waals surface area contributed by atoms with Crippen molar-refractivity contribution < 1.29 is 27.9 Å². The zero-order valence-electron chi connectivity index (χ0n) is 13.9. The molecule has 3 rings (SSSR count). The van der Waals surface area contributed by atoms with Gasteiger partial charge in [-0.15, -0.1) is 23.2 Å². The number of nitrogens with one attached hydrogen (secondary N) is 1. The van der Waals surface area contributed by atoms with Gasteiger partial charge in [-0.1, -0.05) is 58.0 Å². The van der Waals surface area contributed by atoms with Gasteiger partial charge in [-0.05, 0) is 18.2 Å². The van der Waals surface area contributed by atoms with Crippen molar-refractivity contribution in [1.29, 1.82) is 0 Å². The Kier molecular flexibility index (Phi) is 5.99. The van der Waals surface area contributed by atoms with Crippen LogP contribution >= 0.6 is 81.2 Å². The number of benzene rings is 1. The number of hydrogen-bond acceptors (Lipinski definition) is 2. The summed E-state index contributed by atoms with van der Waals surface area (Å²) in [5.41, 5.74) is -1.56. The lowest BCUT2D eigenvalue weighted by Crippen LogP contribution is -2.47. The lowest BCUT2D eigenvalue weighted by molar-refractivity contribution is -0.146. The Morgan fingerprint density at radius 3 is 1.93 bits per heavy atom. The third-order valence-corrected chi connectivity index (χ3v) is 9.62. The van der Waals surface area contributed by atoms with E-state index in [0.29, 0.717) is 12.1 Å². The SMILES string of the molecule is O=C(O)[C@@H]1[C@@H](C(=O)Nc2cc(C(F)(F)F)ccc2Cl)[C@@]2(Cl)C(Cl)=C(Cl)[C@@]1(Cl)C2(Cl)Cl. The fourth-order valence-corrected chi connectivity index (χ4v) is 6.74. The highest BCUT2D eigenvalue weighted by atomic mass is 35.5. The number of rotatable bonds is 3. The number of carboxylic acid groups (broad SMARTS) is 1. The topological polar surface area (TPSA) is 66.4 Å². The summed E-state index contributed by atoms with van der Waals surface area (Å²) >= 11 is 43.5. The number of anilines is 1. The standard InChI is InChI=1S/C16H7Cl7F3NO3/c17-5-2-1-4(15(24,25)26)3-6(5)27-11(28)7-8(12(29)30)14(21)10(19)9(18)13(7,20)16(14,22)23/h1-3,7-8H,(H,27,28)(H,29,30)/t7-,8-,13+,14+/m0/s1. The van der Waals surface area contributed by atoms with E-state index in [1.807, 2.05) is 0 Å². The van der Waals surface area contributed by atoms with E-state index in [-0.39, 0.29) is 5.02 Å². The molecule has 1 saturated carbocycles. The van der Waals surface area contributed by atoms with Crippen LogP contribution in [0.5, 0.6) is 0 Å². The van der Waals surface area contributed by atoms with Gasteiger partial charge in [0.1, 0.15) is 9.75 Å². The van der Waals surface area contributed by atoms with Crippen LogP contribution in [0.4, 0.5) is 18.9 Å². The highest BCUT2D eigenvalue weighted by Gasteiger charge is 2.85. The van der Waals surface area contributed by atoms with Crippen LogP contribution in [0.2, 0.25) is 5.02 Å². The molecule has 0 aliphatic heterocycles. The van der Waals surface area contributed by atoms with E-state index in [9.17, 15) is 27.9 Å². The molecule has 0 saturated heterocycles. The predicted octanol–water partition coefficient (Wildman–Crippen LogP) is 6.46. The van der Waals surface area contributed by atoms with E-state index in [4.69, 9.17) is 81.2 Å². The molecule has 2 aliphatic carbocycles. The van der Waals surface area contributed by atoms with E-state index >= 15 is 0 Å². The van der Waals surface area contributed by atoms with E-state index in [1.165, 1.54) is 0 Å². The van der Waals surface area contributed by atoms with Crippen molar-refractivity contribution in [3.8, 4) is 0 Å². The van der Waals surface area contributed by atoms with E-state index in [0.717, 1.165) is 6.07 Å². The minimum atomic E-state index is -4.73. The smallest absolute Gasteiger partial charge is 0.416 e. The minimum absolute atomic E-state index is 0.252. The Balaban J connectivity index is 2.10. The fourth-order valence-electron chi connectivity index (χ4n) is 3.64. The van der Waals surface area contributed by atoms with Crippen molar-refractivity contribution in [2.24, 2.45) is 11.8 Å². The van der Waals surface area contributed by atoms with Crippen molar-refractivity contribution in [2.45, 2.75) is 20.3 Å². The summed E-state index contributed by atoms with van der Waals surface area (Å²) in [6.45, 7) is 0. The number of amides is 1. The quantitative estimate of drug-likeness (QED) is 0.413. The van der Waals surface area contributed by atoms with E-state index in [1.54, 1.807) is 0 Å². The number of fused-ring (bicyclic) bond motifs is 2. The van der Waals surface area contributed by atoms with Gasteiger partial charge in [0.05, 0.1) is 38.2 Å². The Labute approximate surface area is 202 Å². The van der Waals surface area contributed by atoms with Crippen LogP contribution in [0.25, 0.3) is 0 Å². The summed E-state index contributed by atoms with van der Waals surface area (Å²) in [4.78, 5) is 20.4. The first-order valence-corrected chi connectivity index (χ1v) is 10.4. The zero-order valence-corrected chi connectivity index (χ0v) is 19.2. The number of aliphatic carboxylic acids is 1. The summed E-state index contributed by atoms with van der Waals surface area (Å²) in [7, 11) is 0. The second-order valence-corrected chi connectivity index (χ2v) is 10.3. The van der Waals surface area contributed by atoms with Crippen molar-refractivity contribution in [3.63, 3.8) is 0 Å². The van der Waals surface area contributed by atoms with Crippen LogP contribution in [0, 0.1) is 11.8 Å². The molecule has 4 nitrogen and oxygen atoms in total. The predicted molar refractivity (Wildman–Crippen MR) is 110 cm³/mol. The molecule has 0 radical (unpaired) electrons. The van der Waals surface area contributed by atoms with Crippen LogP contribution in [0.1, 0.15) is 5.56 Å². The molecule has 30 heavy (non-hydrogen) atoms. The number of hydrogen-bond donors (Lipinski definition) is 2. The van der Waals surface area contributed by atoms with Crippen molar-refractivity contribution in [1.82, 2.24) is 0 Å². The molecule has 164 valence electrons. The van der Waals surface area contributed by atoms with Gasteiger partial charge in [-0.25, -0.2) is 0 Å². The maximum atomic E-state index is 13.0. The van der Waals surface area contributed by atoms with Crippen LogP contribution in [-0.2, 0) is 15.8 Å².